The Bertz CT molecular complexity index is 118. The molecule has 92 valence electrons. The SMILES string of the molecule is OCCCCCCCCCCCC(Br)Br. The van der Waals surface area contributed by atoms with E-state index >= 15 is 0 Å². The average molecular weight is 344 g/mol. The number of unbranched alkanes of at least 4 members (excludes halogenated alkanes) is 8. The van der Waals surface area contributed by atoms with Crippen LogP contribution in [0.25, 0.3) is 0 Å². The highest BCUT2D eigenvalue weighted by Gasteiger charge is 1.97. The predicted octanol–water partition coefficient (Wildman–Crippen LogP) is 5.00. The van der Waals surface area contributed by atoms with Crippen LogP contribution in [0.5, 0.6) is 0 Å². The van der Waals surface area contributed by atoms with Crippen molar-refractivity contribution in [3.05, 3.63) is 0 Å². The van der Waals surface area contributed by atoms with Crippen LogP contribution in [0.1, 0.15) is 64.2 Å². The Morgan fingerprint density at radius 2 is 1.07 bits per heavy atom. The molecule has 0 aliphatic heterocycles. The molecule has 0 aromatic carbocycles. The lowest BCUT2D eigenvalue weighted by atomic mass is 10.1. The lowest BCUT2D eigenvalue weighted by molar-refractivity contribution is 0.282. The standard InChI is InChI=1S/C12H24Br2O/c13-12(14)10-8-6-4-2-1-3-5-7-9-11-15/h12,15H,1-11H2. The highest BCUT2D eigenvalue weighted by molar-refractivity contribution is 9.24. The maximum absolute atomic E-state index is 8.60. The summed E-state index contributed by atoms with van der Waals surface area (Å²) >= 11 is 6.98. The molecule has 0 spiro atoms. The largest absolute Gasteiger partial charge is 0.396 e. The summed E-state index contributed by atoms with van der Waals surface area (Å²) in [7, 11) is 0. The molecule has 0 amide bonds. The highest BCUT2D eigenvalue weighted by atomic mass is 79.9. The summed E-state index contributed by atoms with van der Waals surface area (Å²) in [5.41, 5.74) is 0. The molecule has 0 radical (unpaired) electrons. The molecule has 0 fully saturated rings. The summed E-state index contributed by atoms with van der Waals surface area (Å²) in [5, 5.41) is 8.60. The molecular formula is C12H24Br2O. The zero-order valence-corrected chi connectivity index (χ0v) is 12.7. The van der Waals surface area contributed by atoms with Crippen LogP contribution in [0, 0.1) is 0 Å². The number of aliphatic hydroxyl groups is 1. The van der Waals surface area contributed by atoms with E-state index in [2.05, 4.69) is 31.9 Å². The van der Waals surface area contributed by atoms with Crippen molar-refractivity contribution >= 4 is 31.9 Å². The quantitative estimate of drug-likeness (QED) is 0.413. The van der Waals surface area contributed by atoms with Gasteiger partial charge in [-0.3, -0.25) is 0 Å². The molecule has 0 aromatic heterocycles. The Morgan fingerprint density at radius 1 is 0.667 bits per heavy atom. The first-order valence-corrected chi connectivity index (χ1v) is 7.99. The molecule has 0 bridgehead atoms. The minimum Gasteiger partial charge on any atom is -0.396 e. The van der Waals surface area contributed by atoms with Crippen molar-refractivity contribution in [3.8, 4) is 0 Å². The summed E-state index contributed by atoms with van der Waals surface area (Å²) in [6.45, 7) is 0.361. The van der Waals surface area contributed by atoms with Crippen LogP contribution in [0.2, 0.25) is 0 Å². The molecule has 15 heavy (non-hydrogen) atoms. The van der Waals surface area contributed by atoms with Crippen molar-refractivity contribution in [2.24, 2.45) is 0 Å². The number of aliphatic hydroxyl groups excluding tert-OH is 1. The van der Waals surface area contributed by atoms with Gasteiger partial charge in [0.1, 0.15) is 0 Å². The number of halogens is 2. The fourth-order valence-corrected chi connectivity index (χ4v) is 2.30. The van der Waals surface area contributed by atoms with Gasteiger partial charge in [0.15, 0.2) is 0 Å². The molecular weight excluding hydrogens is 320 g/mol. The van der Waals surface area contributed by atoms with Gasteiger partial charge in [-0.15, -0.1) is 0 Å². The van der Waals surface area contributed by atoms with E-state index in [-0.39, 0.29) is 0 Å². The van der Waals surface area contributed by atoms with E-state index in [0.29, 0.717) is 10.3 Å². The Balaban J connectivity index is 2.87. The lowest BCUT2D eigenvalue weighted by Gasteiger charge is -2.02. The Labute approximate surface area is 111 Å². The third-order valence-electron chi connectivity index (χ3n) is 2.58. The first kappa shape index (κ1) is 15.9. The van der Waals surface area contributed by atoms with E-state index in [1.807, 2.05) is 0 Å². The van der Waals surface area contributed by atoms with Crippen LogP contribution in [-0.4, -0.2) is 15.4 Å². The third-order valence-corrected chi connectivity index (χ3v) is 3.50. The van der Waals surface area contributed by atoms with Crippen LogP contribution in [0.15, 0.2) is 0 Å². The van der Waals surface area contributed by atoms with E-state index in [1.54, 1.807) is 0 Å². The number of rotatable bonds is 11. The summed E-state index contributed by atoms with van der Waals surface area (Å²) in [6, 6.07) is 0. The van der Waals surface area contributed by atoms with Gasteiger partial charge >= 0.3 is 0 Å². The molecule has 0 aromatic rings. The fraction of sp³-hybridized carbons (Fsp3) is 1.00. The molecule has 0 unspecified atom stereocenters. The van der Waals surface area contributed by atoms with E-state index in [4.69, 9.17) is 5.11 Å². The predicted molar refractivity (Wildman–Crippen MR) is 74.9 cm³/mol. The minimum absolute atomic E-state index is 0.361. The lowest BCUT2D eigenvalue weighted by Crippen LogP contribution is -1.86. The Hall–Kier alpha value is 0.920. The molecule has 1 N–H and O–H groups in total. The second-order valence-corrected chi connectivity index (χ2v) is 7.52. The summed E-state index contributed by atoms with van der Waals surface area (Å²) in [6.07, 6.45) is 12.9. The summed E-state index contributed by atoms with van der Waals surface area (Å²) in [4.78, 5) is 0. The number of alkyl halides is 2. The van der Waals surface area contributed by atoms with Crippen LogP contribution < -0.4 is 0 Å². The molecule has 0 rings (SSSR count). The molecule has 1 nitrogen and oxygen atoms in total. The van der Waals surface area contributed by atoms with Crippen LogP contribution in [0.4, 0.5) is 0 Å². The molecule has 3 heteroatoms. The fourth-order valence-electron chi connectivity index (χ4n) is 1.65. The average Bonchev–Trinajstić information content (AvgIpc) is 2.20. The van der Waals surface area contributed by atoms with E-state index < -0.39 is 0 Å². The van der Waals surface area contributed by atoms with Crippen LogP contribution >= 0.6 is 31.9 Å². The van der Waals surface area contributed by atoms with Gasteiger partial charge in [0.05, 0.1) is 3.74 Å². The smallest absolute Gasteiger partial charge is 0.0697 e. The van der Waals surface area contributed by atoms with Gasteiger partial charge in [-0.1, -0.05) is 83.2 Å². The molecule has 0 atom stereocenters. The van der Waals surface area contributed by atoms with Crippen LogP contribution in [0.3, 0.4) is 0 Å². The second-order valence-electron chi connectivity index (χ2n) is 4.09. The van der Waals surface area contributed by atoms with Crippen molar-refractivity contribution in [2.45, 2.75) is 67.9 Å². The molecule has 0 aliphatic rings. The van der Waals surface area contributed by atoms with Gasteiger partial charge in [0, 0.05) is 6.61 Å². The Kier molecular flexibility index (Phi) is 13.8. The van der Waals surface area contributed by atoms with Gasteiger partial charge in [0.25, 0.3) is 0 Å². The van der Waals surface area contributed by atoms with Crippen molar-refractivity contribution in [2.75, 3.05) is 6.61 Å². The van der Waals surface area contributed by atoms with Gasteiger partial charge in [0.2, 0.25) is 0 Å². The van der Waals surface area contributed by atoms with E-state index in [9.17, 15) is 0 Å². The van der Waals surface area contributed by atoms with Gasteiger partial charge < -0.3 is 5.11 Å². The van der Waals surface area contributed by atoms with Crippen molar-refractivity contribution in [1.82, 2.24) is 0 Å². The van der Waals surface area contributed by atoms with Crippen molar-refractivity contribution < 1.29 is 5.11 Å². The van der Waals surface area contributed by atoms with Crippen molar-refractivity contribution in [1.29, 1.82) is 0 Å². The highest BCUT2D eigenvalue weighted by Crippen LogP contribution is 2.17. The van der Waals surface area contributed by atoms with Crippen LogP contribution in [-0.2, 0) is 0 Å². The Morgan fingerprint density at radius 3 is 1.47 bits per heavy atom. The maximum atomic E-state index is 8.60. The van der Waals surface area contributed by atoms with Crippen molar-refractivity contribution in [3.63, 3.8) is 0 Å². The second kappa shape index (κ2) is 13.0. The van der Waals surface area contributed by atoms with Gasteiger partial charge in [-0.25, -0.2) is 0 Å². The maximum Gasteiger partial charge on any atom is 0.0697 e. The van der Waals surface area contributed by atoms with E-state index in [1.165, 1.54) is 57.8 Å². The summed E-state index contributed by atoms with van der Waals surface area (Å²) in [5.74, 6) is 0. The topological polar surface area (TPSA) is 20.2 Å². The first-order valence-electron chi connectivity index (χ1n) is 6.16. The molecule has 0 aliphatic carbocycles. The monoisotopic (exact) mass is 342 g/mol. The zero-order chi connectivity index (χ0) is 11.4. The number of hydrogen-bond acceptors (Lipinski definition) is 1. The molecule has 0 saturated carbocycles. The third kappa shape index (κ3) is 14.9. The molecule has 0 saturated heterocycles. The van der Waals surface area contributed by atoms with Gasteiger partial charge in [-0.05, 0) is 12.8 Å². The minimum atomic E-state index is 0.361. The summed E-state index contributed by atoms with van der Waals surface area (Å²) < 4.78 is 0.503. The number of hydrogen-bond donors (Lipinski definition) is 1. The van der Waals surface area contributed by atoms with E-state index in [0.717, 1.165) is 6.42 Å². The molecule has 0 heterocycles. The first-order chi connectivity index (χ1) is 7.27. The zero-order valence-electron chi connectivity index (χ0n) is 9.56. The van der Waals surface area contributed by atoms with Gasteiger partial charge in [-0.2, -0.15) is 0 Å². The normalized spacial score (nSPS) is 11.2.